The molecule has 4 aromatic rings. The Balaban J connectivity index is 1.67. The van der Waals surface area contributed by atoms with Crippen LogP contribution in [-0.2, 0) is 6.54 Å². The fourth-order valence-corrected chi connectivity index (χ4v) is 3.23. The first-order valence-corrected chi connectivity index (χ1v) is 9.66. The lowest BCUT2D eigenvalue weighted by Gasteiger charge is -2.13. The molecule has 0 spiro atoms. The highest BCUT2D eigenvalue weighted by atomic mass is 16.5. The Bertz CT molecular complexity index is 1150. The number of ether oxygens (including phenoxy) is 2. The Hall–Kier alpha value is -4.13. The van der Waals surface area contributed by atoms with Crippen molar-refractivity contribution in [1.29, 1.82) is 0 Å². The molecule has 0 saturated heterocycles. The Kier molecular flexibility index (Phi) is 5.93. The third kappa shape index (κ3) is 4.25. The molecular formula is C24H21N3O4. The summed E-state index contributed by atoms with van der Waals surface area (Å²) in [4.78, 5) is 21.7. The number of pyridine rings is 1. The summed E-state index contributed by atoms with van der Waals surface area (Å²) in [6.07, 6.45) is 3.28. The van der Waals surface area contributed by atoms with Crippen molar-refractivity contribution in [3.8, 4) is 34.3 Å². The lowest BCUT2D eigenvalue weighted by atomic mass is 10.1. The van der Waals surface area contributed by atoms with Crippen molar-refractivity contribution in [2.75, 3.05) is 14.2 Å². The molecule has 31 heavy (non-hydrogen) atoms. The summed E-state index contributed by atoms with van der Waals surface area (Å²) in [6, 6.07) is 18.4. The highest BCUT2D eigenvalue weighted by molar-refractivity contribution is 5.98. The zero-order valence-electron chi connectivity index (χ0n) is 17.2. The summed E-state index contributed by atoms with van der Waals surface area (Å²) in [6.45, 7) is 0.204. The topological polar surface area (TPSA) is 86.5 Å². The quantitative estimate of drug-likeness (QED) is 0.483. The maximum Gasteiger partial charge on any atom is 0.274 e. The molecule has 156 valence electrons. The van der Waals surface area contributed by atoms with E-state index in [2.05, 4.69) is 15.3 Å². The van der Waals surface area contributed by atoms with Gasteiger partial charge in [-0.25, -0.2) is 4.98 Å². The minimum absolute atomic E-state index is 0.193. The molecule has 0 atom stereocenters. The van der Waals surface area contributed by atoms with E-state index >= 15 is 0 Å². The summed E-state index contributed by atoms with van der Waals surface area (Å²) >= 11 is 0. The number of rotatable bonds is 7. The molecule has 7 nitrogen and oxygen atoms in total. The number of nitrogens with one attached hydrogen (secondary N) is 1. The van der Waals surface area contributed by atoms with Crippen molar-refractivity contribution in [3.63, 3.8) is 0 Å². The van der Waals surface area contributed by atoms with Crippen molar-refractivity contribution in [3.05, 3.63) is 84.3 Å². The number of carbonyl (C=O) groups excluding carboxylic acids is 1. The summed E-state index contributed by atoms with van der Waals surface area (Å²) < 4.78 is 16.8. The Labute approximate surface area is 179 Å². The van der Waals surface area contributed by atoms with Crippen LogP contribution in [-0.4, -0.2) is 30.1 Å². The molecular weight excluding hydrogens is 394 g/mol. The van der Waals surface area contributed by atoms with E-state index in [1.54, 1.807) is 38.7 Å². The first kappa shape index (κ1) is 20.2. The van der Waals surface area contributed by atoms with Gasteiger partial charge in [0.1, 0.15) is 11.5 Å². The van der Waals surface area contributed by atoms with Gasteiger partial charge in [-0.05, 0) is 36.4 Å². The molecule has 1 N–H and O–H groups in total. The zero-order chi connectivity index (χ0) is 21.6. The number of amides is 1. The maximum absolute atomic E-state index is 13.1. The molecule has 0 saturated carbocycles. The van der Waals surface area contributed by atoms with Crippen LogP contribution < -0.4 is 14.8 Å². The van der Waals surface area contributed by atoms with E-state index in [0.29, 0.717) is 28.7 Å². The highest BCUT2D eigenvalue weighted by Crippen LogP contribution is 2.31. The van der Waals surface area contributed by atoms with Gasteiger partial charge in [-0.3, -0.25) is 9.78 Å². The first-order valence-electron chi connectivity index (χ1n) is 9.66. The Morgan fingerprint density at radius 2 is 1.58 bits per heavy atom. The minimum atomic E-state index is -0.370. The lowest BCUT2D eigenvalue weighted by molar-refractivity contribution is 0.0946. The average Bonchev–Trinajstić information content (AvgIpc) is 3.29. The molecule has 2 aromatic heterocycles. The van der Waals surface area contributed by atoms with Gasteiger partial charge in [0, 0.05) is 23.5 Å². The van der Waals surface area contributed by atoms with Crippen LogP contribution in [0.4, 0.5) is 0 Å². The molecule has 2 aromatic carbocycles. The second-order valence-electron chi connectivity index (χ2n) is 6.62. The molecule has 0 aliphatic carbocycles. The van der Waals surface area contributed by atoms with Crippen molar-refractivity contribution < 1.29 is 18.7 Å². The third-order valence-electron chi connectivity index (χ3n) is 4.76. The van der Waals surface area contributed by atoms with E-state index in [-0.39, 0.29) is 18.1 Å². The summed E-state index contributed by atoms with van der Waals surface area (Å²) in [5.74, 6) is 1.63. The molecule has 0 aliphatic rings. The van der Waals surface area contributed by atoms with Crippen LogP contribution in [0.1, 0.15) is 16.1 Å². The van der Waals surface area contributed by atoms with Crippen LogP contribution in [0.2, 0.25) is 0 Å². The maximum atomic E-state index is 13.1. The third-order valence-corrected chi connectivity index (χ3v) is 4.76. The average molecular weight is 415 g/mol. The van der Waals surface area contributed by atoms with E-state index in [1.807, 2.05) is 48.5 Å². The van der Waals surface area contributed by atoms with Gasteiger partial charge < -0.3 is 19.2 Å². The monoisotopic (exact) mass is 415 g/mol. The Morgan fingerprint density at radius 3 is 2.23 bits per heavy atom. The molecule has 4 rings (SSSR count). The fraction of sp³-hybridized carbons (Fsp3) is 0.125. The number of methoxy groups -OCH3 is 2. The normalized spacial score (nSPS) is 10.5. The predicted molar refractivity (Wildman–Crippen MR) is 116 cm³/mol. The molecule has 7 heteroatoms. The van der Waals surface area contributed by atoms with Gasteiger partial charge in [0.25, 0.3) is 5.91 Å². The lowest BCUT2D eigenvalue weighted by Crippen LogP contribution is -2.24. The van der Waals surface area contributed by atoms with Gasteiger partial charge in [0.05, 0.1) is 26.3 Å². The van der Waals surface area contributed by atoms with E-state index in [0.717, 1.165) is 11.1 Å². The molecule has 1 amide bonds. The minimum Gasteiger partial charge on any atom is -0.496 e. The van der Waals surface area contributed by atoms with E-state index < -0.39 is 0 Å². The molecule has 0 bridgehead atoms. The van der Waals surface area contributed by atoms with E-state index in [9.17, 15) is 4.79 Å². The van der Waals surface area contributed by atoms with Gasteiger partial charge in [0.15, 0.2) is 11.5 Å². The van der Waals surface area contributed by atoms with Crippen molar-refractivity contribution in [2.24, 2.45) is 0 Å². The number of hydrogen-bond acceptors (Lipinski definition) is 6. The number of oxazole rings is 1. The van der Waals surface area contributed by atoms with Gasteiger partial charge in [-0.1, -0.05) is 24.3 Å². The molecule has 0 radical (unpaired) electrons. The van der Waals surface area contributed by atoms with Crippen molar-refractivity contribution in [1.82, 2.24) is 15.3 Å². The van der Waals surface area contributed by atoms with E-state index in [4.69, 9.17) is 13.9 Å². The summed E-state index contributed by atoms with van der Waals surface area (Å²) in [7, 11) is 3.15. The number of aromatic nitrogens is 2. The summed E-state index contributed by atoms with van der Waals surface area (Å²) in [5.41, 5.74) is 2.42. The van der Waals surface area contributed by atoms with Crippen molar-refractivity contribution >= 4 is 5.91 Å². The largest absolute Gasteiger partial charge is 0.496 e. The number of nitrogens with zero attached hydrogens (tertiary/aromatic N) is 2. The fourth-order valence-electron chi connectivity index (χ4n) is 3.23. The van der Waals surface area contributed by atoms with Gasteiger partial charge >= 0.3 is 0 Å². The van der Waals surface area contributed by atoms with Gasteiger partial charge in [-0.15, -0.1) is 0 Å². The molecule has 0 fully saturated rings. The highest BCUT2D eigenvalue weighted by Gasteiger charge is 2.23. The Morgan fingerprint density at radius 1 is 0.903 bits per heavy atom. The smallest absolute Gasteiger partial charge is 0.274 e. The number of benzene rings is 2. The van der Waals surface area contributed by atoms with Crippen LogP contribution in [0, 0.1) is 0 Å². The number of hydrogen-bond donors (Lipinski definition) is 1. The summed E-state index contributed by atoms with van der Waals surface area (Å²) in [5, 5.41) is 2.90. The first-order chi connectivity index (χ1) is 15.2. The number of carbonyl (C=O) groups is 1. The molecule has 0 aliphatic heterocycles. The zero-order valence-corrected chi connectivity index (χ0v) is 17.2. The van der Waals surface area contributed by atoms with Crippen LogP contribution in [0.3, 0.4) is 0 Å². The second kappa shape index (κ2) is 9.13. The van der Waals surface area contributed by atoms with Gasteiger partial charge in [0.2, 0.25) is 5.89 Å². The molecule has 0 unspecified atom stereocenters. The standard InChI is InChI=1S/C24H21N3O4/c1-29-19-9-6-10-20(30-2)18(19)15-26-23(28)21-22(16-11-13-25-14-12-16)31-24(27-21)17-7-4-3-5-8-17/h3-14H,15H2,1-2H3,(H,26,28). The van der Waals surface area contributed by atoms with Crippen LogP contribution >= 0.6 is 0 Å². The SMILES string of the molecule is COc1cccc(OC)c1CNC(=O)c1nc(-c2ccccc2)oc1-c1ccncc1. The molecule has 2 heterocycles. The second-order valence-corrected chi connectivity index (χ2v) is 6.62. The van der Waals surface area contributed by atoms with Crippen LogP contribution in [0.5, 0.6) is 11.5 Å². The van der Waals surface area contributed by atoms with E-state index in [1.165, 1.54) is 0 Å². The van der Waals surface area contributed by atoms with Crippen LogP contribution in [0.25, 0.3) is 22.8 Å². The predicted octanol–water partition coefficient (Wildman–Crippen LogP) is 4.35. The van der Waals surface area contributed by atoms with Gasteiger partial charge in [-0.2, -0.15) is 0 Å². The van der Waals surface area contributed by atoms with Crippen molar-refractivity contribution in [2.45, 2.75) is 6.54 Å². The van der Waals surface area contributed by atoms with Crippen LogP contribution in [0.15, 0.2) is 77.5 Å².